The second-order valence-electron chi connectivity index (χ2n) is 8.23. The van der Waals surface area contributed by atoms with E-state index in [-0.39, 0.29) is 11.9 Å². The Hall–Kier alpha value is -3.08. The lowest BCUT2D eigenvalue weighted by Crippen LogP contribution is -2.40. The quantitative estimate of drug-likeness (QED) is 0.535. The van der Waals surface area contributed by atoms with Crippen molar-refractivity contribution >= 4 is 40.2 Å². The fourth-order valence-electron chi connectivity index (χ4n) is 4.16. The first-order valence-corrected chi connectivity index (χ1v) is 11.4. The third-order valence-electron chi connectivity index (χ3n) is 5.79. The lowest BCUT2D eigenvalue weighted by molar-refractivity contribution is -0.117. The molecule has 10 nitrogen and oxygen atoms in total. The van der Waals surface area contributed by atoms with Crippen LogP contribution in [-0.2, 0) is 17.6 Å². The Morgan fingerprint density at radius 1 is 1.29 bits per heavy atom. The lowest BCUT2D eigenvalue weighted by atomic mass is 10.1. The summed E-state index contributed by atoms with van der Waals surface area (Å²) in [5.41, 5.74) is 3.27. The summed E-state index contributed by atoms with van der Waals surface area (Å²) in [6.45, 7) is 4.99. The number of aromatic nitrogens is 6. The molecule has 0 saturated carbocycles. The van der Waals surface area contributed by atoms with Crippen molar-refractivity contribution in [1.29, 1.82) is 0 Å². The van der Waals surface area contributed by atoms with Crippen LogP contribution in [0, 0.1) is 0 Å². The largest absolute Gasteiger partial charge is 0.329 e. The minimum Gasteiger partial charge on any atom is -0.329 e. The van der Waals surface area contributed by atoms with Gasteiger partial charge in [-0.05, 0) is 38.0 Å². The number of carbonyl (C=O) groups excluding carboxylic acids is 1. The van der Waals surface area contributed by atoms with Gasteiger partial charge in [0, 0.05) is 35.4 Å². The third-order valence-corrected chi connectivity index (χ3v) is 6.37. The zero-order valence-corrected chi connectivity index (χ0v) is 18.4. The zero-order chi connectivity index (χ0) is 21.4. The molecule has 0 radical (unpaired) electrons. The van der Waals surface area contributed by atoms with Crippen molar-refractivity contribution in [3.8, 4) is 0 Å². The van der Waals surface area contributed by atoms with Crippen LogP contribution in [-0.4, -0.2) is 48.0 Å². The normalized spacial score (nSPS) is 17.9. The molecule has 0 aromatic carbocycles. The van der Waals surface area contributed by atoms with Crippen LogP contribution in [0.3, 0.4) is 0 Å². The van der Waals surface area contributed by atoms with Crippen LogP contribution in [0.5, 0.6) is 0 Å². The predicted molar refractivity (Wildman–Crippen MR) is 119 cm³/mol. The second kappa shape index (κ2) is 8.22. The Morgan fingerprint density at radius 2 is 2.19 bits per heavy atom. The molecule has 1 aliphatic heterocycles. The van der Waals surface area contributed by atoms with Crippen LogP contribution in [0.1, 0.15) is 56.0 Å². The van der Waals surface area contributed by atoms with Crippen LogP contribution in [0.15, 0.2) is 12.4 Å². The molecule has 11 heteroatoms. The first kappa shape index (κ1) is 19.9. The van der Waals surface area contributed by atoms with E-state index in [0.717, 1.165) is 67.2 Å². The lowest BCUT2D eigenvalue weighted by Gasteiger charge is -2.24. The maximum Gasteiger partial charge on any atom is 0.249 e. The maximum absolute atomic E-state index is 12.9. The minimum atomic E-state index is -0.325. The van der Waals surface area contributed by atoms with Gasteiger partial charge in [-0.3, -0.25) is 15.2 Å². The van der Waals surface area contributed by atoms with E-state index in [1.807, 2.05) is 11.0 Å². The van der Waals surface area contributed by atoms with E-state index in [1.165, 1.54) is 17.9 Å². The van der Waals surface area contributed by atoms with Crippen molar-refractivity contribution in [2.24, 2.45) is 0 Å². The molecule has 1 aliphatic carbocycles. The summed E-state index contributed by atoms with van der Waals surface area (Å²) in [5.74, 6) is 2.40. The molecule has 1 saturated heterocycles. The van der Waals surface area contributed by atoms with E-state index in [1.54, 1.807) is 0 Å². The van der Waals surface area contributed by atoms with Gasteiger partial charge in [-0.1, -0.05) is 13.8 Å². The molecule has 5 rings (SSSR count). The fourth-order valence-corrected chi connectivity index (χ4v) is 4.60. The highest BCUT2D eigenvalue weighted by Gasteiger charge is 2.34. The SMILES string of the molecule is CC(C)c1cc(Nc2nc(N3CCCC3C(=O)Nc3ncns3)nc3c2CCC3)n[nH]1. The van der Waals surface area contributed by atoms with Gasteiger partial charge in [-0.25, -0.2) is 9.97 Å². The number of aryl methyl sites for hydroxylation is 1. The third kappa shape index (κ3) is 3.97. The molecule has 1 amide bonds. The number of aromatic amines is 1. The van der Waals surface area contributed by atoms with Crippen molar-refractivity contribution in [3.63, 3.8) is 0 Å². The van der Waals surface area contributed by atoms with Crippen LogP contribution in [0.2, 0.25) is 0 Å². The molecule has 0 spiro atoms. The number of H-pyrrole nitrogens is 1. The number of carbonyl (C=O) groups is 1. The van der Waals surface area contributed by atoms with E-state index >= 15 is 0 Å². The molecule has 4 heterocycles. The number of anilines is 4. The molecule has 1 unspecified atom stereocenters. The maximum atomic E-state index is 12.9. The highest BCUT2D eigenvalue weighted by molar-refractivity contribution is 7.09. The van der Waals surface area contributed by atoms with E-state index < -0.39 is 0 Å². The van der Waals surface area contributed by atoms with Crippen LogP contribution < -0.4 is 15.5 Å². The molecule has 3 N–H and O–H groups in total. The molecule has 0 bridgehead atoms. The Balaban J connectivity index is 1.42. The smallest absolute Gasteiger partial charge is 0.249 e. The van der Waals surface area contributed by atoms with Crippen LogP contribution in [0.4, 0.5) is 22.7 Å². The van der Waals surface area contributed by atoms with Crippen molar-refractivity contribution in [1.82, 2.24) is 29.5 Å². The van der Waals surface area contributed by atoms with Crippen molar-refractivity contribution < 1.29 is 4.79 Å². The van der Waals surface area contributed by atoms with Gasteiger partial charge in [0.15, 0.2) is 5.82 Å². The average molecular weight is 440 g/mol. The number of fused-ring (bicyclic) bond motifs is 1. The van der Waals surface area contributed by atoms with E-state index in [2.05, 4.69) is 44.0 Å². The van der Waals surface area contributed by atoms with Gasteiger partial charge in [-0.2, -0.15) is 14.5 Å². The summed E-state index contributed by atoms with van der Waals surface area (Å²) in [6.07, 6.45) is 6.03. The summed E-state index contributed by atoms with van der Waals surface area (Å²) in [5, 5.41) is 14.2. The van der Waals surface area contributed by atoms with Crippen LogP contribution >= 0.6 is 11.5 Å². The Bertz CT molecular complexity index is 1080. The van der Waals surface area contributed by atoms with Gasteiger partial charge >= 0.3 is 0 Å². The highest BCUT2D eigenvalue weighted by atomic mass is 32.1. The van der Waals surface area contributed by atoms with Crippen molar-refractivity contribution in [2.45, 2.75) is 57.9 Å². The predicted octanol–water partition coefficient (Wildman–Crippen LogP) is 3.01. The van der Waals surface area contributed by atoms with Gasteiger partial charge in [-0.15, -0.1) is 0 Å². The molecule has 3 aromatic heterocycles. The molecule has 1 fully saturated rings. The fraction of sp³-hybridized carbons (Fsp3) is 0.500. The molecule has 1 atom stereocenters. The second-order valence-corrected chi connectivity index (χ2v) is 9.01. The summed E-state index contributed by atoms with van der Waals surface area (Å²) < 4.78 is 3.94. The molecule has 3 aromatic rings. The molecule has 31 heavy (non-hydrogen) atoms. The summed E-state index contributed by atoms with van der Waals surface area (Å²) in [4.78, 5) is 28.6. The Morgan fingerprint density at radius 3 is 2.97 bits per heavy atom. The average Bonchev–Trinajstić information content (AvgIpc) is 3.53. The van der Waals surface area contributed by atoms with E-state index in [0.29, 0.717) is 17.0 Å². The number of amides is 1. The number of rotatable bonds is 6. The summed E-state index contributed by atoms with van der Waals surface area (Å²) in [7, 11) is 0. The topological polar surface area (TPSA) is 125 Å². The minimum absolute atomic E-state index is 0.0956. The number of hydrogen-bond donors (Lipinski definition) is 3. The van der Waals surface area contributed by atoms with Crippen molar-refractivity contribution in [3.05, 3.63) is 29.3 Å². The van der Waals surface area contributed by atoms with E-state index in [4.69, 9.17) is 9.97 Å². The zero-order valence-electron chi connectivity index (χ0n) is 17.6. The summed E-state index contributed by atoms with van der Waals surface area (Å²) in [6, 6.07) is 1.69. The van der Waals surface area contributed by atoms with Gasteiger partial charge in [0.2, 0.25) is 17.0 Å². The van der Waals surface area contributed by atoms with Gasteiger partial charge in [0.25, 0.3) is 0 Å². The standard InChI is InChI=1S/C20H25N9OS/c1-11(2)14-9-16(28-27-14)24-17-12-5-3-6-13(12)23-19(25-17)29-8-4-7-15(29)18(30)26-20-21-10-22-31-20/h9-11,15H,3-8H2,1-2H3,(H,21,22,26,30)(H2,23,24,25,27,28). The van der Waals surface area contributed by atoms with Crippen LogP contribution in [0.25, 0.3) is 0 Å². The first-order valence-electron chi connectivity index (χ1n) is 10.6. The summed E-state index contributed by atoms with van der Waals surface area (Å²) >= 11 is 1.17. The Labute approximate surface area is 184 Å². The van der Waals surface area contributed by atoms with Gasteiger partial charge in [0.05, 0.1) is 5.69 Å². The number of hydrogen-bond acceptors (Lipinski definition) is 9. The number of nitrogens with zero attached hydrogens (tertiary/aromatic N) is 6. The van der Waals surface area contributed by atoms with E-state index in [9.17, 15) is 4.79 Å². The monoisotopic (exact) mass is 439 g/mol. The molecular weight excluding hydrogens is 414 g/mol. The van der Waals surface area contributed by atoms with Gasteiger partial charge in [0.1, 0.15) is 18.2 Å². The molecular formula is C20H25N9OS. The number of nitrogens with one attached hydrogen (secondary N) is 3. The van der Waals surface area contributed by atoms with Crippen molar-refractivity contribution in [2.75, 3.05) is 22.1 Å². The molecule has 162 valence electrons. The first-order chi connectivity index (χ1) is 15.1. The Kier molecular flexibility index (Phi) is 5.26. The highest BCUT2D eigenvalue weighted by Crippen LogP contribution is 2.33. The molecule has 2 aliphatic rings. The van der Waals surface area contributed by atoms with Gasteiger partial charge < -0.3 is 10.2 Å².